The summed E-state index contributed by atoms with van der Waals surface area (Å²) in [7, 11) is 2.02. The number of fused-ring (bicyclic) bond motifs is 1. The molecule has 0 amide bonds. The molecule has 3 aromatic heterocycles. The van der Waals surface area contributed by atoms with Crippen LogP contribution in [0, 0.1) is 6.92 Å². The van der Waals surface area contributed by atoms with Crippen LogP contribution >= 0.6 is 11.3 Å². The molecule has 0 spiro atoms. The summed E-state index contributed by atoms with van der Waals surface area (Å²) in [4.78, 5) is 13.7. The van der Waals surface area contributed by atoms with E-state index in [1.54, 1.807) is 17.5 Å². The zero-order valence-electron chi connectivity index (χ0n) is 14.9. The minimum atomic E-state index is 0.604. The van der Waals surface area contributed by atoms with Crippen LogP contribution in [0.1, 0.15) is 12.5 Å². The van der Waals surface area contributed by atoms with Crippen LogP contribution in [-0.2, 0) is 7.05 Å². The first kappa shape index (κ1) is 16.5. The van der Waals surface area contributed by atoms with Crippen molar-refractivity contribution in [2.45, 2.75) is 13.8 Å². The van der Waals surface area contributed by atoms with Crippen LogP contribution in [-0.4, -0.2) is 26.1 Å². The smallest absolute Gasteiger partial charge is 0.213 e. The van der Waals surface area contributed by atoms with Crippen LogP contribution in [0.5, 0.6) is 5.88 Å². The molecule has 0 saturated carbocycles. The Bertz CT molecular complexity index is 1050. The van der Waals surface area contributed by atoms with Crippen molar-refractivity contribution < 1.29 is 4.74 Å². The largest absolute Gasteiger partial charge is 0.478 e. The Balaban J connectivity index is 1.59. The Kier molecular flexibility index (Phi) is 4.30. The summed E-state index contributed by atoms with van der Waals surface area (Å²) >= 11 is 1.54. The minimum Gasteiger partial charge on any atom is -0.478 e. The third-order valence-corrected chi connectivity index (χ3v) is 4.81. The van der Waals surface area contributed by atoms with Crippen molar-refractivity contribution >= 4 is 33.2 Å². The molecule has 1 N–H and O–H groups in total. The van der Waals surface area contributed by atoms with E-state index >= 15 is 0 Å². The Morgan fingerprint density at radius 2 is 2.08 bits per heavy atom. The standard InChI is InChI=1S/C19H19N5OS/c1-4-25-17-8-6-13(10-20-17)21-19-23-15(11-26-19)18-22-14-9-12(2)5-7-16(14)24(18)3/h5-11H,4H2,1-3H3,(H,21,23). The highest BCUT2D eigenvalue weighted by Crippen LogP contribution is 2.29. The molecule has 0 radical (unpaired) electrons. The van der Waals surface area contributed by atoms with Gasteiger partial charge >= 0.3 is 0 Å². The Morgan fingerprint density at radius 1 is 1.19 bits per heavy atom. The topological polar surface area (TPSA) is 64.9 Å². The number of ether oxygens (including phenoxy) is 1. The number of hydrogen-bond acceptors (Lipinski definition) is 6. The second-order valence-electron chi connectivity index (χ2n) is 5.97. The predicted octanol–water partition coefficient (Wildman–Crippen LogP) is 4.54. The summed E-state index contributed by atoms with van der Waals surface area (Å²) in [6.45, 7) is 4.62. The van der Waals surface area contributed by atoms with Crippen LogP contribution in [0.4, 0.5) is 10.8 Å². The number of nitrogens with one attached hydrogen (secondary N) is 1. The third kappa shape index (κ3) is 3.13. The minimum absolute atomic E-state index is 0.604. The molecule has 7 heteroatoms. The lowest BCUT2D eigenvalue weighted by Crippen LogP contribution is -1.96. The van der Waals surface area contributed by atoms with E-state index in [1.165, 1.54) is 5.56 Å². The van der Waals surface area contributed by atoms with Gasteiger partial charge in [0.2, 0.25) is 5.88 Å². The molecule has 4 rings (SSSR count). The molecule has 0 aliphatic heterocycles. The quantitative estimate of drug-likeness (QED) is 0.562. The van der Waals surface area contributed by atoms with Crippen LogP contribution in [0.25, 0.3) is 22.6 Å². The lowest BCUT2D eigenvalue weighted by atomic mass is 10.2. The van der Waals surface area contributed by atoms with Gasteiger partial charge in [0.1, 0.15) is 5.69 Å². The number of imidazole rings is 1. The first-order valence-corrected chi connectivity index (χ1v) is 9.27. The van der Waals surface area contributed by atoms with Gasteiger partial charge in [0.05, 0.1) is 29.5 Å². The molecule has 0 fully saturated rings. The predicted molar refractivity (Wildman–Crippen MR) is 105 cm³/mol. The molecule has 132 valence electrons. The molecular weight excluding hydrogens is 346 g/mol. The molecule has 0 bridgehead atoms. The number of rotatable bonds is 5. The fraction of sp³-hybridized carbons (Fsp3) is 0.211. The van der Waals surface area contributed by atoms with Gasteiger partial charge in [-0.05, 0) is 37.6 Å². The number of nitrogens with zero attached hydrogens (tertiary/aromatic N) is 4. The second-order valence-corrected chi connectivity index (χ2v) is 6.83. The maximum atomic E-state index is 5.36. The van der Waals surface area contributed by atoms with Gasteiger partial charge in [-0.15, -0.1) is 11.3 Å². The van der Waals surface area contributed by atoms with E-state index in [4.69, 9.17) is 9.72 Å². The summed E-state index contributed by atoms with van der Waals surface area (Å²) in [5.41, 5.74) is 5.01. The van der Waals surface area contributed by atoms with Crippen molar-refractivity contribution in [2.24, 2.45) is 7.05 Å². The normalized spacial score (nSPS) is 11.0. The highest BCUT2D eigenvalue weighted by molar-refractivity contribution is 7.14. The molecule has 1 aromatic carbocycles. The lowest BCUT2D eigenvalue weighted by molar-refractivity contribution is 0.327. The van der Waals surface area contributed by atoms with E-state index in [-0.39, 0.29) is 0 Å². The number of benzene rings is 1. The van der Waals surface area contributed by atoms with Gasteiger partial charge in [0.25, 0.3) is 0 Å². The number of aromatic nitrogens is 4. The van der Waals surface area contributed by atoms with E-state index in [1.807, 2.05) is 31.5 Å². The number of pyridine rings is 1. The SMILES string of the molecule is CCOc1ccc(Nc2nc(-c3nc4cc(C)ccc4n3C)cs2)cn1. The molecular formula is C19H19N5OS. The van der Waals surface area contributed by atoms with Crippen molar-refractivity contribution in [1.82, 2.24) is 19.5 Å². The van der Waals surface area contributed by atoms with Gasteiger partial charge in [-0.3, -0.25) is 0 Å². The monoisotopic (exact) mass is 365 g/mol. The summed E-state index contributed by atoms with van der Waals surface area (Å²) in [5, 5.41) is 6.09. The summed E-state index contributed by atoms with van der Waals surface area (Å²) in [6, 6.07) is 10.1. The first-order chi connectivity index (χ1) is 12.6. The highest BCUT2D eigenvalue weighted by atomic mass is 32.1. The molecule has 3 heterocycles. The average Bonchev–Trinajstić information content (AvgIpc) is 3.21. The number of aryl methyl sites for hydroxylation is 2. The van der Waals surface area contributed by atoms with Crippen LogP contribution in [0.15, 0.2) is 41.9 Å². The number of thiazole rings is 1. The van der Waals surface area contributed by atoms with Crippen molar-refractivity contribution in [1.29, 1.82) is 0 Å². The molecule has 0 saturated heterocycles. The molecule has 4 aromatic rings. The Labute approximate surface area is 155 Å². The fourth-order valence-corrected chi connectivity index (χ4v) is 3.49. The van der Waals surface area contributed by atoms with E-state index in [0.29, 0.717) is 12.5 Å². The van der Waals surface area contributed by atoms with Gasteiger partial charge < -0.3 is 14.6 Å². The van der Waals surface area contributed by atoms with E-state index in [0.717, 1.165) is 33.4 Å². The van der Waals surface area contributed by atoms with Crippen LogP contribution in [0.3, 0.4) is 0 Å². The van der Waals surface area contributed by atoms with E-state index < -0.39 is 0 Å². The fourth-order valence-electron chi connectivity index (χ4n) is 2.78. The van der Waals surface area contributed by atoms with Crippen molar-refractivity contribution in [3.63, 3.8) is 0 Å². The summed E-state index contributed by atoms with van der Waals surface area (Å²) in [5.74, 6) is 1.48. The van der Waals surface area contributed by atoms with Gasteiger partial charge in [0, 0.05) is 18.5 Å². The maximum absolute atomic E-state index is 5.36. The molecule has 26 heavy (non-hydrogen) atoms. The molecule has 0 aliphatic rings. The van der Waals surface area contributed by atoms with E-state index in [9.17, 15) is 0 Å². The van der Waals surface area contributed by atoms with Gasteiger partial charge in [-0.2, -0.15) is 0 Å². The average molecular weight is 365 g/mol. The van der Waals surface area contributed by atoms with Gasteiger partial charge in [0.15, 0.2) is 11.0 Å². The van der Waals surface area contributed by atoms with Gasteiger partial charge in [-0.25, -0.2) is 15.0 Å². The number of hydrogen-bond donors (Lipinski definition) is 1. The van der Waals surface area contributed by atoms with Crippen molar-refractivity contribution in [3.05, 3.63) is 47.5 Å². The summed E-state index contributed by atoms with van der Waals surface area (Å²) < 4.78 is 7.44. The zero-order valence-corrected chi connectivity index (χ0v) is 15.7. The van der Waals surface area contributed by atoms with Crippen molar-refractivity contribution in [3.8, 4) is 17.4 Å². The first-order valence-electron chi connectivity index (χ1n) is 8.39. The molecule has 6 nitrogen and oxygen atoms in total. The van der Waals surface area contributed by atoms with Crippen LogP contribution in [0.2, 0.25) is 0 Å². The lowest BCUT2D eigenvalue weighted by Gasteiger charge is -2.04. The van der Waals surface area contributed by atoms with Gasteiger partial charge in [-0.1, -0.05) is 6.07 Å². The van der Waals surface area contributed by atoms with Crippen molar-refractivity contribution in [2.75, 3.05) is 11.9 Å². The highest BCUT2D eigenvalue weighted by Gasteiger charge is 2.13. The third-order valence-electron chi connectivity index (χ3n) is 4.05. The zero-order chi connectivity index (χ0) is 18.1. The second kappa shape index (κ2) is 6.76. The van der Waals surface area contributed by atoms with Crippen LogP contribution < -0.4 is 10.1 Å². The Hall–Kier alpha value is -2.93. The molecule has 0 unspecified atom stereocenters. The summed E-state index contributed by atoms with van der Waals surface area (Å²) in [6.07, 6.45) is 1.74. The maximum Gasteiger partial charge on any atom is 0.213 e. The molecule has 0 atom stereocenters. The van der Waals surface area contributed by atoms with E-state index in [2.05, 4.69) is 45.0 Å². The Morgan fingerprint density at radius 3 is 2.85 bits per heavy atom. The number of anilines is 2. The molecule has 0 aliphatic carbocycles.